The van der Waals surface area contributed by atoms with Gasteiger partial charge < -0.3 is 5.32 Å². The Morgan fingerprint density at radius 3 is 2.43 bits per heavy atom. The van der Waals surface area contributed by atoms with Crippen LogP contribution in [0, 0.1) is 10.1 Å². The van der Waals surface area contributed by atoms with Crippen LogP contribution in [0.2, 0.25) is 5.02 Å². The molecule has 0 heterocycles. The quantitative estimate of drug-likeness (QED) is 0.470. The summed E-state index contributed by atoms with van der Waals surface area (Å²) in [5.74, 6) is -0.449. The summed E-state index contributed by atoms with van der Waals surface area (Å²) in [5, 5.41) is 13.6. The Hall–Kier alpha value is -2.49. The lowest BCUT2D eigenvalue weighted by molar-refractivity contribution is -0.384. The summed E-state index contributed by atoms with van der Waals surface area (Å²) in [5.41, 5.74) is 0.676. The molecule has 1 fully saturated rings. The van der Waals surface area contributed by atoms with Crippen LogP contribution in [-0.2, 0) is 16.4 Å². The van der Waals surface area contributed by atoms with Crippen molar-refractivity contribution in [2.24, 2.45) is 0 Å². The maximum atomic E-state index is 12.4. The van der Waals surface area contributed by atoms with Gasteiger partial charge in [0, 0.05) is 24.2 Å². The van der Waals surface area contributed by atoms with Crippen LogP contribution in [0.15, 0.2) is 47.4 Å². The number of sulfonamides is 1. The van der Waals surface area contributed by atoms with Crippen molar-refractivity contribution >= 4 is 33.2 Å². The average Bonchev–Trinajstić information content (AvgIpc) is 3.20. The van der Waals surface area contributed by atoms with E-state index in [1.807, 2.05) is 0 Å². The van der Waals surface area contributed by atoms with E-state index < -0.39 is 20.9 Å². The predicted molar refractivity (Wildman–Crippen MR) is 113 cm³/mol. The van der Waals surface area contributed by atoms with E-state index in [-0.39, 0.29) is 27.2 Å². The number of rotatable bonds is 8. The van der Waals surface area contributed by atoms with Gasteiger partial charge in [-0.3, -0.25) is 14.9 Å². The number of nitro groups is 1. The van der Waals surface area contributed by atoms with E-state index >= 15 is 0 Å². The molecule has 0 radical (unpaired) electrons. The molecule has 2 N–H and O–H groups in total. The Kier molecular flexibility index (Phi) is 7.06. The molecule has 0 unspecified atom stereocenters. The summed E-state index contributed by atoms with van der Waals surface area (Å²) in [6.07, 6.45) is 4.31. The predicted octanol–water partition coefficient (Wildman–Crippen LogP) is 3.44. The Labute approximate surface area is 179 Å². The smallest absolute Gasteiger partial charge is 0.288 e. The third kappa shape index (κ3) is 5.56. The molecule has 0 spiro atoms. The molecule has 1 aliphatic rings. The summed E-state index contributed by atoms with van der Waals surface area (Å²) < 4.78 is 27.6. The highest BCUT2D eigenvalue weighted by atomic mass is 35.5. The second-order valence-corrected chi connectivity index (χ2v) is 9.30. The first-order valence-corrected chi connectivity index (χ1v) is 11.5. The van der Waals surface area contributed by atoms with Gasteiger partial charge in [0.15, 0.2) is 0 Å². The molecule has 2 aromatic carbocycles. The fourth-order valence-electron chi connectivity index (χ4n) is 3.38. The topological polar surface area (TPSA) is 118 Å². The third-order valence-electron chi connectivity index (χ3n) is 5.01. The van der Waals surface area contributed by atoms with Gasteiger partial charge in [-0.1, -0.05) is 36.6 Å². The van der Waals surface area contributed by atoms with Crippen molar-refractivity contribution in [3.63, 3.8) is 0 Å². The van der Waals surface area contributed by atoms with Crippen molar-refractivity contribution in [1.29, 1.82) is 0 Å². The second kappa shape index (κ2) is 9.55. The molecule has 1 amide bonds. The van der Waals surface area contributed by atoms with Gasteiger partial charge in [-0.25, -0.2) is 13.1 Å². The molecule has 0 aliphatic heterocycles. The maximum absolute atomic E-state index is 12.4. The van der Waals surface area contributed by atoms with Crippen LogP contribution >= 0.6 is 11.6 Å². The molecule has 0 saturated heterocycles. The van der Waals surface area contributed by atoms with Gasteiger partial charge in [0.05, 0.1) is 9.82 Å². The Bertz CT molecular complexity index is 1030. The summed E-state index contributed by atoms with van der Waals surface area (Å²) >= 11 is 5.75. The molecular formula is C20H22ClN3O5S. The van der Waals surface area contributed by atoms with E-state index in [1.54, 1.807) is 24.3 Å². The molecule has 30 heavy (non-hydrogen) atoms. The van der Waals surface area contributed by atoms with Gasteiger partial charge in [0.2, 0.25) is 10.0 Å². The van der Waals surface area contributed by atoms with E-state index in [4.69, 9.17) is 11.6 Å². The van der Waals surface area contributed by atoms with Gasteiger partial charge in [-0.2, -0.15) is 0 Å². The van der Waals surface area contributed by atoms with Crippen molar-refractivity contribution in [3.8, 4) is 0 Å². The van der Waals surface area contributed by atoms with Crippen LogP contribution in [0.4, 0.5) is 5.69 Å². The molecular weight excluding hydrogens is 430 g/mol. The molecule has 10 heteroatoms. The van der Waals surface area contributed by atoms with Crippen molar-refractivity contribution in [2.45, 2.75) is 43.0 Å². The lowest BCUT2D eigenvalue weighted by atomic mass is 10.1. The minimum atomic E-state index is -3.53. The largest absolute Gasteiger partial charge is 0.352 e. The summed E-state index contributed by atoms with van der Waals surface area (Å²) in [6, 6.07) is 10.4. The van der Waals surface area contributed by atoms with Gasteiger partial charge in [0.25, 0.3) is 11.6 Å². The second-order valence-electron chi connectivity index (χ2n) is 7.18. The molecule has 3 rings (SSSR count). The number of carbonyl (C=O) groups excluding carboxylic acids is 1. The molecule has 0 atom stereocenters. The molecule has 0 bridgehead atoms. The summed E-state index contributed by atoms with van der Waals surface area (Å²) in [6.45, 7) is 0.293. The fourth-order valence-corrected chi connectivity index (χ4v) is 4.87. The summed E-state index contributed by atoms with van der Waals surface area (Å²) in [7, 11) is -3.53. The van der Waals surface area contributed by atoms with Crippen molar-refractivity contribution in [1.82, 2.24) is 10.0 Å². The van der Waals surface area contributed by atoms with Crippen LogP contribution in [0.1, 0.15) is 41.6 Å². The Balaban J connectivity index is 1.54. The van der Waals surface area contributed by atoms with E-state index in [2.05, 4.69) is 10.0 Å². The zero-order valence-corrected chi connectivity index (χ0v) is 17.7. The van der Waals surface area contributed by atoms with Crippen LogP contribution in [-0.4, -0.2) is 31.8 Å². The first kappa shape index (κ1) is 22.2. The molecule has 1 aliphatic carbocycles. The van der Waals surface area contributed by atoms with E-state index in [1.165, 1.54) is 12.1 Å². The number of carbonyl (C=O) groups is 1. The number of benzene rings is 2. The maximum Gasteiger partial charge on any atom is 0.288 e. The van der Waals surface area contributed by atoms with Crippen molar-refractivity contribution < 1.29 is 18.1 Å². The highest BCUT2D eigenvalue weighted by molar-refractivity contribution is 7.89. The fraction of sp³-hybridized carbons (Fsp3) is 0.350. The van der Waals surface area contributed by atoms with Gasteiger partial charge in [-0.05, 0) is 49.1 Å². The monoisotopic (exact) mass is 451 g/mol. The minimum absolute atomic E-state index is 0.00795. The minimum Gasteiger partial charge on any atom is -0.352 e. The SMILES string of the molecule is O=C(NCCc1ccc(S(=O)(=O)NC2CCCC2)cc1)c1ccc(Cl)c([N+](=O)[O-])c1. The van der Waals surface area contributed by atoms with E-state index in [9.17, 15) is 23.3 Å². The standard InChI is InChI=1S/C20H22ClN3O5S/c21-18-10-7-15(13-19(18)24(26)27)20(25)22-12-11-14-5-8-17(9-6-14)30(28,29)23-16-3-1-2-4-16/h5-10,13,16,23H,1-4,11-12H2,(H,22,25). The Morgan fingerprint density at radius 1 is 1.13 bits per heavy atom. The zero-order chi connectivity index (χ0) is 21.7. The molecule has 8 nitrogen and oxygen atoms in total. The highest BCUT2D eigenvalue weighted by Gasteiger charge is 2.22. The highest BCUT2D eigenvalue weighted by Crippen LogP contribution is 2.25. The molecule has 160 valence electrons. The van der Waals surface area contributed by atoms with Crippen LogP contribution < -0.4 is 10.0 Å². The molecule has 2 aromatic rings. The number of hydrogen-bond acceptors (Lipinski definition) is 5. The number of amides is 1. The van der Waals surface area contributed by atoms with Gasteiger partial charge >= 0.3 is 0 Å². The first-order valence-electron chi connectivity index (χ1n) is 9.60. The number of nitro benzene ring substituents is 1. The third-order valence-corrected chi connectivity index (χ3v) is 6.87. The number of nitrogens with zero attached hydrogens (tertiary/aromatic N) is 1. The lowest BCUT2D eigenvalue weighted by Crippen LogP contribution is -2.32. The van der Waals surface area contributed by atoms with Crippen LogP contribution in [0.3, 0.4) is 0 Å². The van der Waals surface area contributed by atoms with Gasteiger partial charge in [0.1, 0.15) is 5.02 Å². The van der Waals surface area contributed by atoms with Gasteiger partial charge in [-0.15, -0.1) is 0 Å². The average molecular weight is 452 g/mol. The van der Waals surface area contributed by atoms with Crippen LogP contribution in [0.25, 0.3) is 0 Å². The zero-order valence-electron chi connectivity index (χ0n) is 16.1. The number of nitrogens with one attached hydrogen (secondary N) is 2. The number of halogens is 1. The number of hydrogen-bond donors (Lipinski definition) is 2. The molecule has 0 aromatic heterocycles. The summed E-state index contributed by atoms with van der Waals surface area (Å²) in [4.78, 5) is 22.7. The normalized spacial score (nSPS) is 14.6. The first-order chi connectivity index (χ1) is 14.3. The van der Waals surface area contributed by atoms with E-state index in [0.29, 0.717) is 13.0 Å². The van der Waals surface area contributed by atoms with Crippen LogP contribution in [0.5, 0.6) is 0 Å². The lowest BCUT2D eigenvalue weighted by Gasteiger charge is -2.13. The van der Waals surface area contributed by atoms with Crippen molar-refractivity contribution in [2.75, 3.05) is 6.54 Å². The molecule has 1 saturated carbocycles. The Morgan fingerprint density at radius 2 is 1.80 bits per heavy atom. The van der Waals surface area contributed by atoms with E-state index in [0.717, 1.165) is 37.3 Å². The van der Waals surface area contributed by atoms with Crippen molar-refractivity contribution in [3.05, 3.63) is 68.7 Å².